The molecule has 9 rings (SSSR count). The molecule has 22 heteroatoms. The summed E-state index contributed by atoms with van der Waals surface area (Å²) >= 11 is 6.14. The standard InChI is InChI=1S/2C15H17N5O2.C13H12ClN5O2.CH4/c2*1-4-9-7-10(18-11-5-6-16-8-17-11)14(22)20-12(9)13(21)19-15(20,2)3;1-13(2)18-11(20)10-7(14)5-8(12(21)19(10)13)17-9-3-4-15-6-16-9;/h2*5-8H,4H2,1-3H3,(H,19,21)(H,16,17,18);3-6H,1-2H3,(H,18,20)(H,15,16,17);1H4. The smallest absolute Gasteiger partial charge is 0.276 e. The zero-order valence-corrected chi connectivity index (χ0v) is 37.5. The Morgan fingerprint density at radius 3 is 1.12 bits per heavy atom. The molecule has 0 unspecified atom stereocenters. The van der Waals surface area contributed by atoms with E-state index in [1.807, 2.05) is 13.8 Å². The van der Waals surface area contributed by atoms with Gasteiger partial charge in [-0.15, -0.1) is 0 Å². The molecule has 3 aliphatic rings. The van der Waals surface area contributed by atoms with E-state index < -0.39 is 17.0 Å². The molecule has 3 aliphatic heterocycles. The third-order valence-electron chi connectivity index (χ3n) is 10.6. The molecule has 3 amide bonds. The average Bonchev–Trinajstić information content (AvgIpc) is 3.78. The van der Waals surface area contributed by atoms with Crippen molar-refractivity contribution in [3.05, 3.63) is 138 Å². The molecule has 0 aliphatic carbocycles. The van der Waals surface area contributed by atoms with Crippen molar-refractivity contribution in [1.82, 2.24) is 59.6 Å². The number of aromatic nitrogens is 9. The zero-order valence-electron chi connectivity index (χ0n) is 36.7. The van der Waals surface area contributed by atoms with E-state index in [1.54, 1.807) is 90.5 Å². The number of hydrogen-bond acceptors (Lipinski definition) is 15. The molecule has 21 nitrogen and oxygen atoms in total. The summed E-state index contributed by atoms with van der Waals surface area (Å²) < 4.78 is 4.37. The summed E-state index contributed by atoms with van der Waals surface area (Å²) in [7, 11) is 0. The lowest BCUT2D eigenvalue weighted by Gasteiger charge is -2.22. The van der Waals surface area contributed by atoms with Gasteiger partial charge in [-0.3, -0.25) is 42.5 Å². The van der Waals surface area contributed by atoms with E-state index in [2.05, 4.69) is 61.8 Å². The van der Waals surface area contributed by atoms with Crippen LogP contribution >= 0.6 is 11.6 Å². The van der Waals surface area contributed by atoms with Crippen molar-refractivity contribution in [1.29, 1.82) is 0 Å². The van der Waals surface area contributed by atoms with Gasteiger partial charge < -0.3 is 31.9 Å². The van der Waals surface area contributed by atoms with Crippen LogP contribution in [0, 0.1) is 0 Å². The quantitative estimate of drug-likeness (QED) is 0.119. The summed E-state index contributed by atoms with van der Waals surface area (Å²) in [5.41, 5.74) is 0.499. The predicted octanol–water partition coefficient (Wildman–Crippen LogP) is 4.87. The van der Waals surface area contributed by atoms with Crippen LogP contribution in [0.2, 0.25) is 5.02 Å². The van der Waals surface area contributed by atoms with Crippen molar-refractivity contribution in [3.8, 4) is 0 Å². The summed E-state index contributed by atoms with van der Waals surface area (Å²) in [4.78, 5) is 98.0. The molecular formula is C44H50ClN15O6. The molecule has 6 N–H and O–H groups in total. The first-order chi connectivity index (χ1) is 30.8. The number of amides is 3. The van der Waals surface area contributed by atoms with Crippen LogP contribution in [0.25, 0.3) is 0 Å². The lowest BCUT2D eigenvalue weighted by atomic mass is 10.1. The fraction of sp³-hybridized carbons (Fsp3) is 0.318. The molecule has 0 fully saturated rings. The number of aryl methyl sites for hydroxylation is 2. The molecule has 6 aromatic rings. The Bertz CT molecular complexity index is 2890. The molecule has 0 aromatic carbocycles. The van der Waals surface area contributed by atoms with E-state index in [0.717, 1.165) is 11.1 Å². The van der Waals surface area contributed by atoms with Gasteiger partial charge in [0, 0.05) is 18.6 Å². The van der Waals surface area contributed by atoms with Gasteiger partial charge in [0.15, 0.2) is 0 Å². The Hall–Kier alpha value is -7.81. The van der Waals surface area contributed by atoms with Crippen LogP contribution in [-0.4, -0.2) is 61.3 Å². The Labute approximate surface area is 383 Å². The molecule has 66 heavy (non-hydrogen) atoms. The van der Waals surface area contributed by atoms with Crippen molar-refractivity contribution in [2.45, 2.75) is 92.6 Å². The first-order valence-electron chi connectivity index (χ1n) is 20.4. The maximum absolute atomic E-state index is 12.8. The highest BCUT2D eigenvalue weighted by Gasteiger charge is 2.40. The number of anilines is 6. The van der Waals surface area contributed by atoms with Gasteiger partial charge >= 0.3 is 0 Å². The molecule has 0 bridgehead atoms. The minimum absolute atomic E-state index is 0. The van der Waals surface area contributed by atoms with Crippen LogP contribution < -0.4 is 48.6 Å². The zero-order chi connectivity index (χ0) is 47.0. The van der Waals surface area contributed by atoms with Crippen molar-refractivity contribution >= 4 is 63.8 Å². The van der Waals surface area contributed by atoms with E-state index in [4.69, 9.17) is 11.6 Å². The van der Waals surface area contributed by atoms with Gasteiger partial charge in [0.05, 0.1) is 5.02 Å². The third kappa shape index (κ3) is 9.09. The first kappa shape index (κ1) is 47.7. The Morgan fingerprint density at radius 1 is 0.515 bits per heavy atom. The number of carbonyl (C=O) groups excluding carboxylic acids is 3. The van der Waals surface area contributed by atoms with E-state index in [0.29, 0.717) is 53.1 Å². The van der Waals surface area contributed by atoms with Crippen LogP contribution in [0.1, 0.15) is 105 Å². The number of fused-ring (bicyclic) bond motifs is 3. The molecule has 6 aromatic heterocycles. The predicted molar refractivity (Wildman–Crippen MR) is 249 cm³/mol. The number of nitrogens with zero attached hydrogens (tertiary/aromatic N) is 9. The Balaban J connectivity index is 0.000000162. The highest BCUT2D eigenvalue weighted by molar-refractivity contribution is 6.34. The van der Waals surface area contributed by atoms with E-state index in [-0.39, 0.29) is 58.2 Å². The minimum atomic E-state index is -0.837. The van der Waals surface area contributed by atoms with E-state index in [9.17, 15) is 28.8 Å². The molecule has 0 radical (unpaired) electrons. The van der Waals surface area contributed by atoms with Crippen LogP contribution in [0.3, 0.4) is 0 Å². The molecule has 9 heterocycles. The SMILES string of the molecule is C.CC1(C)NC(=O)c2c(Cl)cc(Nc3ccncn3)c(=O)n21.CCc1cc(Nc2ccncn2)c(=O)n2c1C(=O)NC2(C)C.CCc1cc(Nc2ccncn2)c(=O)n2c1C(=O)NC2(C)C. The second kappa shape index (κ2) is 18.4. The fourth-order valence-corrected chi connectivity index (χ4v) is 8.00. The van der Waals surface area contributed by atoms with Crippen molar-refractivity contribution in [2.24, 2.45) is 0 Å². The van der Waals surface area contributed by atoms with Crippen molar-refractivity contribution in [2.75, 3.05) is 16.0 Å². The second-order valence-corrected chi connectivity index (χ2v) is 16.9. The number of halogens is 1. The lowest BCUT2D eigenvalue weighted by molar-refractivity contribution is 0.0925. The monoisotopic (exact) mass is 919 g/mol. The fourth-order valence-electron chi connectivity index (χ4n) is 7.72. The molecule has 0 saturated carbocycles. The normalized spacial score (nSPS) is 15.1. The highest BCUT2D eigenvalue weighted by atomic mass is 35.5. The van der Waals surface area contributed by atoms with Crippen molar-refractivity contribution < 1.29 is 14.4 Å². The summed E-state index contributed by atoms with van der Waals surface area (Å²) in [5, 5.41) is 17.5. The number of rotatable bonds is 8. The topological polar surface area (TPSA) is 267 Å². The number of pyridine rings is 3. The lowest BCUT2D eigenvalue weighted by Crippen LogP contribution is -2.42. The number of nitrogens with one attached hydrogen (secondary N) is 6. The number of hydrogen-bond donors (Lipinski definition) is 6. The minimum Gasteiger partial charge on any atom is -0.336 e. The Kier molecular flexibility index (Phi) is 13.3. The molecular weight excluding hydrogens is 870 g/mol. The van der Waals surface area contributed by atoms with Gasteiger partial charge in [0.1, 0.15) is 87.6 Å². The maximum atomic E-state index is 12.8. The Morgan fingerprint density at radius 2 is 0.818 bits per heavy atom. The summed E-state index contributed by atoms with van der Waals surface area (Å²) in [6, 6.07) is 9.85. The van der Waals surface area contributed by atoms with Gasteiger partial charge in [0.25, 0.3) is 34.4 Å². The van der Waals surface area contributed by atoms with E-state index in [1.165, 1.54) is 38.7 Å². The van der Waals surface area contributed by atoms with Gasteiger partial charge in [-0.25, -0.2) is 29.9 Å². The van der Waals surface area contributed by atoms with Gasteiger partial charge in [-0.05, 0) is 102 Å². The maximum Gasteiger partial charge on any atom is 0.276 e. The molecule has 0 spiro atoms. The first-order valence-corrected chi connectivity index (χ1v) is 20.8. The summed E-state index contributed by atoms with van der Waals surface area (Å²) in [5.74, 6) is 0.735. The van der Waals surface area contributed by atoms with Crippen LogP contribution in [0.5, 0.6) is 0 Å². The number of carbonyl (C=O) groups is 3. The molecule has 344 valence electrons. The van der Waals surface area contributed by atoms with Gasteiger partial charge in [-0.2, -0.15) is 0 Å². The second-order valence-electron chi connectivity index (χ2n) is 16.4. The van der Waals surface area contributed by atoms with Crippen LogP contribution in [-0.2, 0) is 29.8 Å². The largest absolute Gasteiger partial charge is 0.336 e. The molecule has 0 atom stereocenters. The summed E-state index contributed by atoms with van der Waals surface area (Å²) in [6.07, 6.45) is 10.2. The van der Waals surface area contributed by atoms with Crippen LogP contribution in [0.4, 0.5) is 34.5 Å². The van der Waals surface area contributed by atoms with Crippen molar-refractivity contribution in [3.63, 3.8) is 0 Å². The summed E-state index contributed by atoms with van der Waals surface area (Å²) in [6.45, 7) is 14.6. The van der Waals surface area contributed by atoms with Gasteiger partial charge in [0.2, 0.25) is 0 Å². The average molecular weight is 920 g/mol. The van der Waals surface area contributed by atoms with Gasteiger partial charge in [-0.1, -0.05) is 32.9 Å². The van der Waals surface area contributed by atoms with E-state index >= 15 is 0 Å². The third-order valence-corrected chi connectivity index (χ3v) is 10.9. The van der Waals surface area contributed by atoms with Crippen LogP contribution in [0.15, 0.2) is 88.4 Å². The highest BCUT2D eigenvalue weighted by Crippen LogP contribution is 2.30. The molecule has 0 saturated heterocycles.